The van der Waals surface area contributed by atoms with Gasteiger partial charge in [0.15, 0.2) is 0 Å². The number of nitrogens with one attached hydrogen (secondary N) is 1. The van der Waals surface area contributed by atoms with E-state index >= 15 is 0 Å². The van der Waals surface area contributed by atoms with Gasteiger partial charge in [-0.2, -0.15) is 0 Å². The van der Waals surface area contributed by atoms with Crippen LogP contribution in [0, 0.1) is 5.92 Å². The predicted molar refractivity (Wildman–Crippen MR) is 87.2 cm³/mol. The summed E-state index contributed by atoms with van der Waals surface area (Å²) in [7, 11) is 2.15. The quantitative estimate of drug-likeness (QED) is 0.873. The van der Waals surface area contributed by atoms with E-state index in [1.807, 2.05) is 6.07 Å². The Morgan fingerprint density at radius 1 is 1.29 bits per heavy atom. The van der Waals surface area contributed by atoms with Crippen LogP contribution in [0.25, 0.3) is 0 Å². The molecule has 0 unspecified atom stereocenters. The number of rotatable bonds is 6. The largest absolute Gasteiger partial charge is 0.354 e. The van der Waals surface area contributed by atoms with Crippen molar-refractivity contribution in [2.24, 2.45) is 5.92 Å². The highest BCUT2D eigenvalue weighted by atomic mass is 16.1. The molecule has 0 radical (unpaired) electrons. The van der Waals surface area contributed by atoms with Crippen LogP contribution in [0.15, 0.2) is 30.3 Å². The number of benzene rings is 1. The van der Waals surface area contributed by atoms with Gasteiger partial charge in [0, 0.05) is 12.5 Å². The number of hydrogen-bond acceptors (Lipinski definition) is 2. The van der Waals surface area contributed by atoms with Gasteiger partial charge >= 0.3 is 0 Å². The van der Waals surface area contributed by atoms with Crippen LogP contribution in [-0.2, 0) is 11.2 Å². The van der Waals surface area contributed by atoms with Crippen LogP contribution in [-0.4, -0.2) is 37.0 Å². The lowest BCUT2D eigenvalue weighted by Gasteiger charge is -2.28. The molecular formula is C18H28N2O. The molecule has 1 aliphatic rings. The highest BCUT2D eigenvalue weighted by Crippen LogP contribution is 2.19. The number of carbonyl (C=O) groups excluding carboxylic acids is 1. The summed E-state index contributed by atoms with van der Waals surface area (Å²) >= 11 is 0. The molecule has 1 N–H and O–H groups in total. The second-order valence-corrected chi connectivity index (χ2v) is 6.44. The molecule has 0 aromatic heterocycles. The Morgan fingerprint density at radius 3 is 2.62 bits per heavy atom. The monoisotopic (exact) mass is 288 g/mol. The standard InChI is InChI=1S/C18H28N2O/c1-15(8-9-16-6-4-3-5-7-16)19-18(21)14-17-10-12-20(2)13-11-17/h3-7,15,17H,8-14H2,1-2H3,(H,19,21)/t15-/m1/s1. The van der Waals surface area contributed by atoms with Crippen LogP contribution in [0.1, 0.15) is 38.2 Å². The highest BCUT2D eigenvalue weighted by Gasteiger charge is 2.20. The summed E-state index contributed by atoms with van der Waals surface area (Å²) in [6, 6.07) is 10.7. The van der Waals surface area contributed by atoms with Crippen LogP contribution in [0.3, 0.4) is 0 Å². The number of carbonyl (C=O) groups is 1. The van der Waals surface area contributed by atoms with Crippen LogP contribution in [0.4, 0.5) is 0 Å². The average molecular weight is 288 g/mol. The van der Waals surface area contributed by atoms with Crippen molar-refractivity contribution in [1.82, 2.24) is 10.2 Å². The molecular weight excluding hydrogens is 260 g/mol. The SMILES string of the molecule is C[C@H](CCc1ccccc1)NC(=O)CC1CCN(C)CC1. The number of nitrogens with zero attached hydrogens (tertiary/aromatic N) is 1. The maximum Gasteiger partial charge on any atom is 0.220 e. The van der Waals surface area contributed by atoms with Gasteiger partial charge < -0.3 is 10.2 Å². The minimum absolute atomic E-state index is 0.227. The second kappa shape index (κ2) is 8.18. The van der Waals surface area contributed by atoms with E-state index in [9.17, 15) is 4.79 Å². The van der Waals surface area contributed by atoms with E-state index in [-0.39, 0.29) is 11.9 Å². The summed E-state index contributed by atoms with van der Waals surface area (Å²) in [6.45, 7) is 4.36. The zero-order valence-electron chi connectivity index (χ0n) is 13.3. The van der Waals surface area contributed by atoms with Crippen molar-refractivity contribution in [1.29, 1.82) is 0 Å². The van der Waals surface area contributed by atoms with Gasteiger partial charge in [0.2, 0.25) is 5.91 Å². The van der Waals surface area contributed by atoms with E-state index in [0.717, 1.165) is 38.8 Å². The van der Waals surface area contributed by atoms with Gasteiger partial charge in [0.05, 0.1) is 0 Å². The molecule has 1 fully saturated rings. The van der Waals surface area contributed by atoms with Crippen LogP contribution >= 0.6 is 0 Å². The number of likely N-dealkylation sites (tertiary alicyclic amines) is 1. The van der Waals surface area contributed by atoms with Gasteiger partial charge in [-0.05, 0) is 64.2 Å². The van der Waals surface area contributed by atoms with Gasteiger partial charge in [-0.1, -0.05) is 30.3 Å². The molecule has 1 aromatic carbocycles. The Balaban J connectivity index is 1.65. The molecule has 2 rings (SSSR count). The zero-order valence-corrected chi connectivity index (χ0v) is 13.3. The molecule has 1 heterocycles. The highest BCUT2D eigenvalue weighted by molar-refractivity contribution is 5.76. The molecule has 1 aromatic rings. The number of piperidine rings is 1. The van der Waals surface area contributed by atoms with Gasteiger partial charge in [-0.15, -0.1) is 0 Å². The van der Waals surface area contributed by atoms with Crippen LogP contribution < -0.4 is 5.32 Å². The number of aryl methyl sites for hydroxylation is 1. The lowest BCUT2D eigenvalue weighted by molar-refractivity contribution is -0.123. The molecule has 3 heteroatoms. The summed E-state index contributed by atoms with van der Waals surface area (Å²) in [4.78, 5) is 14.4. The van der Waals surface area contributed by atoms with Gasteiger partial charge in [0.25, 0.3) is 0 Å². The Kier molecular flexibility index (Phi) is 6.24. The molecule has 0 saturated carbocycles. The van der Waals surface area contributed by atoms with Gasteiger partial charge in [-0.3, -0.25) is 4.79 Å². The van der Waals surface area contributed by atoms with Crippen molar-refractivity contribution in [3.8, 4) is 0 Å². The Morgan fingerprint density at radius 2 is 1.95 bits per heavy atom. The van der Waals surface area contributed by atoms with Crippen LogP contribution in [0.5, 0.6) is 0 Å². The molecule has 1 amide bonds. The summed E-state index contributed by atoms with van der Waals surface area (Å²) in [5.41, 5.74) is 1.34. The summed E-state index contributed by atoms with van der Waals surface area (Å²) in [5.74, 6) is 0.799. The lowest BCUT2D eigenvalue weighted by atomic mass is 9.93. The third-order valence-electron chi connectivity index (χ3n) is 4.43. The summed E-state index contributed by atoms with van der Waals surface area (Å²) in [5, 5.41) is 3.16. The van der Waals surface area contributed by atoms with Crippen molar-refractivity contribution >= 4 is 5.91 Å². The second-order valence-electron chi connectivity index (χ2n) is 6.44. The first kappa shape index (κ1) is 16.0. The maximum absolute atomic E-state index is 12.1. The van der Waals surface area contributed by atoms with Crippen molar-refractivity contribution in [2.75, 3.05) is 20.1 Å². The Labute approximate surface area is 128 Å². The van der Waals surface area contributed by atoms with Crippen LogP contribution in [0.2, 0.25) is 0 Å². The van der Waals surface area contributed by atoms with E-state index in [0.29, 0.717) is 12.3 Å². The molecule has 1 atom stereocenters. The summed E-state index contributed by atoms with van der Waals surface area (Å²) < 4.78 is 0. The molecule has 1 aliphatic heterocycles. The first-order chi connectivity index (χ1) is 10.1. The summed E-state index contributed by atoms with van der Waals surface area (Å²) in [6.07, 6.45) is 5.04. The number of hydrogen-bond donors (Lipinski definition) is 1. The van der Waals surface area contributed by atoms with E-state index in [4.69, 9.17) is 0 Å². The topological polar surface area (TPSA) is 32.3 Å². The van der Waals surface area contributed by atoms with E-state index in [2.05, 4.69) is 48.5 Å². The van der Waals surface area contributed by atoms with E-state index in [1.165, 1.54) is 5.56 Å². The fourth-order valence-electron chi connectivity index (χ4n) is 2.96. The van der Waals surface area contributed by atoms with Crippen molar-refractivity contribution in [2.45, 2.75) is 45.1 Å². The maximum atomic E-state index is 12.1. The third-order valence-corrected chi connectivity index (χ3v) is 4.43. The fraction of sp³-hybridized carbons (Fsp3) is 0.611. The van der Waals surface area contributed by atoms with Gasteiger partial charge in [-0.25, -0.2) is 0 Å². The Hall–Kier alpha value is -1.35. The normalized spacial score (nSPS) is 18.4. The van der Waals surface area contributed by atoms with E-state index in [1.54, 1.807) is 0 Å². The number of amides is 1. The molecule has 21 heavy (non-hydrogen) atoms. The average Bonchev–Trinajstić information content (AvgIpc) is 2.48. The minimum Gasteiger partial charge on any atom is -0.354 e. The first-order valence-electron chi connectivity index (χ1n) is 8.15. The molecule has 0 bridgehead atoms. The van der Waals surface area contributed by atoms with Crippen molar-refractivity contribution in [3.63, 3.8) is 0 Å². The lowest BCUT2D eigenvalue weighted by Crippen LogP contribution is -2.36. The molecule has 0 aliphatic carbocycles. The smallest absolute Gasteiger partial charge is 0.220 e. The molecule has 0 spiro atoms. The molecule has 116 valence electrons. The predicted octanol–water partition coefficient (Wildman–Crippen LogP) is 2.86. The van der Waals surface area contributed by atoms with Crippen molar-refractivity contribution in [3.05, 3.63) is 35.9 Å². The first-order valence-corrected chi connectivity index (χ1v) is 8.15. The fourth-order valence-corrected chi connectivity index (χ4v) is 2.96. The molecule has 3 nitrogen and oxygen atoms in total. The minimum atomic E-state index is 0.227. The van der Waals surface area contributed by atoms with E-state index < -0.39 is 0 Å². The Bertz CT molecular complexity index is 424. The van der Waals surface area contributed by atoms with Crippen molar-refractivity contribution < 1.29 is 4.79 Å². The third kappa shape index (κ3) is 5.88. The zero-order chi connectivity index (χ0) is 15.1. The molecule has 1 saturated heterocycles. The van der Waals surface area contributed by atoms with Gasteiger partial charge in [0.1, 0.15) is 0 Å².